The Labute approximate surface area is 191 Å². The van der Waals surface area contributed by atoms with E-state index < -0.39 is 35.4 Å². The summed E-state index contributed by atoms with van der Waals surface area (Å²) in [6.07, 6.45) is -5.67. The van der Waals surface area contributed by atoms with Crippen molar-refractivity contribution in [3.63, 3.8) is 0 Å². The van der Waals surface area contributed by atoms with Gasteiger partial charge in [-0.25, -0.2) is 19.3 Å². The van der Waals surface area contributed by atoms with Crippen LogP contribution in [0.15, 0.2) is 53.7 Å². The van der Waals surface area contributed by atoms with Gasteiger partial charge in [0, 0.05) is 12.0 Å². The summed E-state index contributed by atoms with van der Waals surface area (Å²) in [6.45, 7) is 0. The predicted octanol–water partition coefficient (Wildman–Crippen LogP) is 4.69. The van der Waals surface area contributed by atoms with E-state index in [0.717, 1.165) is 17.4 Å². The summed E-state index contributed by atoms with van der Waals surface area (Å²) >= 11 is 5.91. The summed E-state index contributed by atoms with van der Waals surface area (Å²) in [7, 11) is 1.22. The van der Waals surface area contributed by atoms with Crippen LogP contribution < -0.4 is 5.32 Å². The van der Waals surface area contributed by atoms with Gasteiger partial charge in [0.2, 0.25) is 0 Å². The number of nitrogens with one attached hydrogen (secondary N) is 1. The first kappa shape index (κ1) is 24.6. The molecule has 0 saturated heterocycles. The molecule has 0 heterocycles. The van der Waals surface area contributed by atoms with E-state index >= 15 is 0 Å². The van der Waals surface area contributed by atoms with Gasteiger partial charge in [-0.15, -0.1) is 0 Å². The van der Waals surface area contributed by atoms with Crippen LogP contribution in [0.4, 0.5) is 17.6 Å². The maximum Gasteiger partial charge on any atom is 0.417 e. The molecule has 1 amide bonds. The zero-order valence-electron chi connectivity index (χ0n) is 17.4. The fourth-order valence-electron chi connectivity index (χ4n) is 3.71. The molecule has 0 fully saturated rings. The fourth-order valence-corrected chi connectivity index (χ4v) is 3.97. The molecule has 33 heavy (non-hydrogen) atoms. The van der Waals surface area contributed by atoms with E-state index in [9.17, 15) is 27.2 Å². The molecule has 0 saturated carbocycles. The van der Waals surface area contributed by atoms with E-state index in [-0.39, 0.29) is 46.0 Å². The number of carbonyl (C=O) groups is 2. The number of hydrogen-bond donors (Lipinski definition) is 2. The molecule has 1 aliphatic carbocycles. The van der Waals surface area contributed by atoms with Crippen molar-refractivity contribution in [3.8, 4) is 0 Å². The molecule has 0 spiro atoms. The molecule has 3 N–H and O–H groups in total. The number of rotatable bonds is 5. The molecule has 174 valence electrons. The third-order valence-corrected chi connectivity index (χ3v) is 5.61. The third-order valence-electron chi connectivity index (χ3n) is 5.30. The van der Waals surface area contributed by atoms with Crippen molar-refractivity contribution in [3.05, 3.63) is 81.0 Å². The normalized spacial score (nSPS) is 16.5. The van der Waals surface area contributed by atoms with E-state index in [0.29, 0.717) is 6.42 Å². The number of allylic oxidation sites excluding steroid dienone is 2. The average molecular weight is 484 g/mol. The number of hydrogen-bond acceptors (Lipinski definition) is 4. The van der Waals surface area contributed by atoms with Crippen molar-refractivity contribution < 1.29 is 37.2 Å². The average Bonchev–Trinajstić information content (AvgIpc) is 2.77. The van der Waals surface area contributed by atoms with Crippen molar-refractivity contribution in [2.45, 2.75) is 31.6 Å². The van der Waals surface area contributed by atoms with Gasteiger partial charge >= 0.3 is 18.1 Å². The maximum atomic E-state index is 14.9. The highest BCUT2D eigenvalue weighted by Gasteiger charge is 2.39. The standard InChI is InChI=1S/C23H19ClF4N2O3/c1-33-22(32)13-10-8-12(9-11-13)20(29)19-16(25)6-3-7-17(19)30-21(31)18-14(23(26,27)28)4-2-5-15(18)24/h2,4-5,8-11,16,29H,3,6-7H2,1H3,(H,30,31)/p+1. The topological polar surface area (TPSA) is 83.8 Å². The lowest BCUT2D eigenvalue weighted by Crippen LogP contribution is -2.87. The van der Waals surface area contributed by atoms with Crippen molar-refractivity contribution in [2.24, 2.45) is 0 Å². The maximum absolute atomic E-state index is 14.9. The highest BCUT2D eigenvalue weighted by atomic mass is 35.5. The molecule has 1 aliphatic rings. The molecule has 1 atom stereocenters. The summed E-state index contributed by atoms with van der Waals surface area (Å²) in [5.74, 6) is -1.59. The first-order chi connectivity index (χ1) is 15.5. The molecular formula is C23H20ClF4N2O3+. The molecule has 5 nitrogen and oxygen atoms in total. The summed E-state index contributed by atoms with van der Waals surface area (Å²) in [5.41, 5.74) is -1.51. The van der Waals surface area contributed by atoms with Crippen molar-refractivity contribution in [1.82, 2.24) is 0 Å². The molecule has 0 aromatic heterocycles. The Morgan fingerprint density at radius 3 is 2.36 bits per heavy atom. The largest absolute Gasteiger partial charge is 0.465 e. The number of benzene rings is 2. The minimum absolute atomic E-state index is 0.0685. The Morgan fingerprint density at radius 1 is 1.12 bits per heavy atom. The van der Waals surface area contributed by atoms with Gasteiger partial charge < -0.3 is 4.74 Å². The number of primary amides is 1. The van der Waals surface area contributed by atoms with Crippen molar-refractivity contribution in [2.75, 3.05) is 7.11 Å². The van der Waals surface area contributed by atoms with Crippen LogP contribution >= 0.6 is 11.6 Å². The lowest BCUT2D eigenvalue weighted by molar-refractivity contribution is -0.506. The Kier molecular flexibility index (Phi) is 7.34. The fraction of sp³-hybridized carbons (Fsp3) is 0.261. The van der Waals surface area contributed by atoms with Gasteiger partial charge in [0.15, 0.2) is 0 Å². The molecule has 0 bridgehead atoms. The van der Waals surface area contributed by atoms with Crippen LogP contribution in [0.2, 0.25) is 5.02 Å². The van der Waals surface area contributed by atoms with E-state index in [1.165, 1.54) is 37.4 Å². The Hall–Kier alpha value is -3.04. The zero-order valence-corrected chi connectivity index (χ0v) is 18.2. The van der Waals surface area contributed by atoms with Crippen LogP contribution in [-0.4, -0.2) is 30.9 Å². The summed E-state index contributed by atoms with van der Waals surface area (Å²) < 4.78 is 59.7. The van der Waals surface area contributed by atoms with Gasteiger partial charge in [0.25, 0.3) is 0 Å². The van der Waals surface area contributed by atoms with Crippen molar-refractivity contribution in [1.29, 1.82) is 5.41 Å². The second-order valence-corrected chi connectivity index (χ2v) is 7.82. The lowest BCUT2D eigenvalue weighted by Gasteiger charge is -2.22. The summed E-state index contributed by atoms with van der Waals surface area (Å²) in [5, 5.41) is 9.06. The SMILES string of the molecule is COC(=O)c1ccc(C(=N)C2=C([NH2+]C(=O)c3c(Cl)cccc3C(F)(F)F)CCCC2F)cc1. The van der Waals surface area contributed by atoms with E-state index in [1.807, 2.05) is 0 Å². The smallest absolute Gasteiger partial charge is 0.417 e. The van der Waals surface area contributed by atoms with Gasteiger partial charge in [-0.05, 0) is 37.1 Å². The molecule has 10 heteroatoms. The number of methoxy groups -OCH3 is 1. The zero-order chi connectivity index (χ0) is 24.3. The quantitative estimate of drug-likeness (QED) is 0.367. The molecule has 2 aromatic carbocycles. The minimum Gasteiger partial charge on any atom is -0.465 e. The first-order valence-electron chi connectivity index (χ1n) is 9.94. The Bertz CT molecular complexity index is 1130. The number of ether oxygens (including phenoxy) is 1. The lowest BCUT2D eigenvalue weighted by atomic mass is 9.88. The van der Waals surface area contributed by atoms with Gasteiger partial charge in [0.05, 0.1) is 34.5 Å². The van der Waals surface area contributed by atoms with Crippen LogP contribution in [0.3, 0.4) is 0 Å². The van der Waals surface area contributed by atoms with Gasteiger partial charge in [-0.1, -0.05) is 29.8 Å². The van der Waals surface area contributed by atoms with E-state index in [4.69, 9.17) is 17.0 Å². The number of esters is 1. The van der Waals surface area contributed by atoms with Gasteiger partial charge in [-0.2, -0.15) is 13.2 Å². The highest BCUT2D eigenvalue weighted by molar-refractivity contribution is 6.33. The summed E-state index contributed by atoms with van der Waals surface area (Å²) in [4.78, 5) is 24.5. The third kappa shape index (κ3) is 5.31. The van der Waals surface area contributed by atoms with Crippen molar-refractivity contribution >= 4 is 29.2 Å². The van der Waals surface area contributed by atoms with Crippen LogP contribution in [0, 0.1) is 5.41 Å². The Morgan fingerprint density at radius 2 is 1.76 bits per heavy atom. The van der Waals surface area contributed by atoms with Crippen LogP contribution in [0.5, 0.6) is 0 Å². The van der Waals surface area contributed by atoms with Crippen LogP contribution in [0.25, 0.3) is 0 Å². The van der Waals surface area contributed by atoms with E-state index in [2.05, 4.69) is 4.74 Å². The minimum atomic E-state index is -4.80. The molecule has 0 aliphatic heterocycles. The molecule has 0 radical (unpaired) electrons. The number of alkyl halides is 4. The van der Waals surface area contributed by atoms with E-state index in [1.54, 1.807) is 0 Å². The Balaban J connectivity index is 1.98. The molecule has 2 aromatic rings. The number of nitrogens with two attached hydrogens (primary N) is 1. The number of halogens is 5. The second kappa shape index (κ2) is 9.84. The van der Waals surface area contributed by atoms with Gasteiger partial charge in [-0.3, -0.25) is 5.41 Å². The molecule has 3 rings (SSSR count). The monoisotopic (exact) mass is 483 g/mol. The van der Waals surface area contributed by atoms with Crippen LogP contribution in [-0.2, 0) is 10.9 Å². The second-order valence-electron chi connectivity index (χ2n) is 7.41. The number of amides is 1. The highest BCUT2D eigenvalue weighted by Crippen LogP contribution is 2.35. The number of carbonyl (C=O) groups excluding carboxylic acids is 2. The molecule has 1 unspecified atom stereocenters. The predicted molar refractivity (Wildman–Crippen MR) is 113 cm³/mol. The molecular weight excluding hydrogens is 464 g/mol. The number of quaternary nitrogens is 1. The first-order valence-corrected chi connectivity index (χ1v) is 10.3. The van der Waals surface area contributed by atoms with Crippen LogP contribution in [0.1, 0.15) is 51.1 Å². The van der Waals surface area contributed by atoms with Gasteiger partial charge in [0.1, 0.15) is 17.4 Å². The summed E-state index contributed by atoms with van der Waals surface area (Å²) in [6, 6.07) is 8.75.